The molecule has 150 valence electrons. The Morgan fingerprint density at radius 1 is 1.00 bits per heavy atom. The fourth-order valence-electron chi connectivity index (χ4n) is 3.31. The molecule has 1 amide bonds. The first-order chi connectivity index (χ1) is 13.7. The summed E-state index contributed by atoms with van der Waals surface area (Å²) in [5.74, 6) is 0.943. The fraction of sp³-hybridized carbons (Fsp3) is 0.409. The Balaban J connectivity index is 1.26. The van der Waals surface area contributed by atoms with Gasteiger partial charge in [-0.3, -0.25) is 9.69 Å². The average Bonchev–Trinajstić information content (AvgIpc) is 2.75. The van der Waals surface area contributed by atoms with Gasteiger partial charge in [0, 0.05) is 50.7 Å². The predicted molar refractivity (Wildman–Crippen MR) is 117 cm³/mol. The number of anilines is 1. The standard InChI is InChI=1S/C22H29N3O2S/c26-21(19-7-3-1-4-8-19)17-28-18-22(27)23-11-12-24-13-15-25(16-14-24)20-9-5-2-6-10-20/h1-10,21,26H,11-18H2,(H,23,27). The molecule has 1 aliphatic rings. The molecule has 5 nitrogen and oxygen atoms in total. The van der Waals surface area contributed by atoms with E-state index in [0.717, 1.165) is 38.3 Å². The van der Waals surface area contributed by atoms with Gasteiger partial charge < -0.3 is 15.3 Å². The van der Waals surface area contributed by atoms with Crippen LogP contribution in [-0.4, -0.2) is 66.7 Å². The van der Waals surface area contributed by atoms with Gasteiger partial charge in [-0.25, -0.2) is 0 Å². The van der Waals surface area contributed by atoms with Crippen LogP contribution in [0.5, 0.6) is 0 Å². The van der Waals surface area contributed by atoms with Crippen LogP contribution in [0.2, 0.25) is 0 Å². The summed E-state index contributed by atoms with van der Waals surface area (Å²) >= 11 is 1.47. The molecule has 2 aromatic carbocycles. The van der Waals surface area contributed by atoms with Crippen molar-refractivity contribution < 1.29 is 9.90 Å². The number of hydrogen-bond acceptors (Lipinski definition) is 5. The van der Waals surface area contributed by atoms with Gasteiger partial charge in [0.2, 0.25) is 5.91 Å². The molecule has 2 N–H and O–H groups in total. The number of thioether (sulfide) groups is 1. The fourth-order valence-corrected chi connectivity index (χ4v) is 4.13. The van der Waals surface area contributed by atoms with Crippen molar-refractivity contribution in [2.75, 3.05) is 55.7 Å². The van der Waals surface area contributed by atoms with Crippen molar-refractivity contribution in [3.8, 4) is 0 Å². The van der Waals surface area contributed by atoms with Crippen LogP contribution in [0.4, 0.5) is 5.69 Å². The summed E-state index contributed by atoms with van der Waals surface area (Å²) in [6.45, 7) is 5.62. The number of amides is 1. The summed E-state index contributed by atoms with van der Waals surface area (Å²) in [5.41, 5.74) is 2.18. The molecule has 0 aliphatic carbocycles. The van der Waals surface area contributed by atoms with Gasteiger partial charge in [0.15, 0.2) is 0 Å². The maximum absolute atomic E-state index is 12.0. The van der Waals surface area contributed by atoms with Crippen molar-refractivity contribution in [2.24, 2.45) is 0 Å². The molecule has 1 aliphatic heterocycles. The Kier molecular flexibility index (Phi) is 8.21. The van der Waals surface area contributed by atoms with Crippen molar-refractivity contribution in [1.29, 1.82) is 0 Å². The monoisotopic (exact) mass is 399 g/mol. The zero-order valence-corrected chi connectivity index (χ0v) is 17.0. The molecule has 1 atom stereocenters. The van der Waals surface area contributed by atoms with E-state index < -0.39 is 6.10 Å². The van der Waals surface area contributed by atoms with E-state index in [9.17, 15) is 9.90 Å². The Hall–Kier alpha value is -2.02. The molecule has 0 saturated carbocycles. The van der Waals surface area contributed by atoms with Crippen molar-refractivity contribution in [3.63, 3.8) is 0 Å². The molecule has 6 heteroatoms. The molecule has 0 aromatic heterocycles. The minimum atomic E-state index is -0.528. The van der Waals surface area contributed by atoms with E-state index >= 15 is 0 Å². The number of carbonyl (C=O) groups is 1. The first-order valence-corrected chi connectivity index (χ1v) is 11.0. The van der Waals surface area contributed by atoms with Gasteiger partial charge in [0.25, 0.3) is 0 Å². The van der Waals surface area contributed by atoms with Crippen LogP contribution in [0.15, 0.2) is 60.7 Å². The summed E-state index contributed by atoms with van der Waals surface area (Å²) in [7, 11) is 0. The minimum Gasteiger partial charge on any atom is -0.388 e. The van der Waals surface area contributed by atoms with Crippen molar-refractivity contribution in [3.05, 3.63) is 66.2 Å². The third kappa shape index (κ3) is 6.55. The molecule has 0 spiro atoms. The highest BCUT2D eigenvalue weighted by Crippen LogP contribution is 2.17. The number of hydrogen-bond donors (Lipinski definition) is 2. The number of para-hydroxylation sites is 1. The van der Waals surface area contributed by atoms with Gasteiger partial charge in [0.05, 0.1) is 11.9 Å². The zero-order valence-electron chi connectivity index (χ0n) is 16.2. The number of aliphatic hydroxyl groups excluding tert-OH is 1. The highest BCUT2D eigenvalue weighted by atomic mass is 32.2. The molecule has 1 fully saturated rings. The Labute approximate surface area is 171 Å². The zero-order chi connectivity index (χ0) is 19.6. The number of carbonyl (C=O) groups excluding carboxylic acids is 1. The average molecular weight is 400 g/mol. The quantitative estimate of drug-likeness (QED) is 0.678. The first kappa shape index (κ1) is 20.7. The Morgan fingerprint density at radius 2 is 1.64 bits per heavy atom. The van der Waals surface area contributed by atoms with Crippen molar-refractivity contribution in [1.82, 2.24) is 10.2 Å². The second kappa shape index (κ2) is 11.1. The maximum atomic E-state index is 12.0. The van der Waals surface area contributed by atoms with Crippen LogP contribution in [0.3, 0.4) is 0 Å². The number of aliphatic hydroxyl groups is 1. The molecule has 2 aromatic rings. The molecule has 3 rings (SSSR count). The number of benzene rings is 2. The number of nitrogens with zero attached hydrogens (tertiary/aromatic N) is 2. The molecular formula is C22H29N3O2S. The molecule has 0 bridgehead atoms. The lowest BCUT2D eigenvalue weighted by molar-refractivity contribution is -0.118. The van der Waals surface area contributed by atoms with Crippen LogP contribution < -0.4 is 10.2 Å². The van der Waals surface area contributed by atoms with Gasteiger partial charge >= 0.3 is 0 Å². The number of nitrogens with one attached hydrogen (secondary N) is 1. The maximum Gasteiger partial charge on any atom is 0.230 e. The molecule has 1 heterocycles. The first-order valence-electron chi connectivity index (χ1n) is 9.82. The lowest BCUT2D eigenvalue weighted by Crippen LogP contribution is -2.48. The van der Waals surface area contributed by atoms with Gasteiger partial charge in [-0.05, 0) is 17.7 Å². The van der Waals surface area contributed by atoms with Gasteiger partial charge in [-0.1, -0.05) is 48.5 Å². The highest BCUT2D eigenvalue weighted by Gasteiger charge is 2.16. The van der Waals surface area contributed by atoms with Crippen LogP contribution in [0.1, 0.15) is 11.7 Å². The van der Waals surface area contributed by atoms with Crippen molar-refractivity contribution >= 4 is 23.4 Å². The third-order valence-electron chi connectivity index (χ3n) is 4.94. The number of rotatable bonds is 9. The lowest BCUT2D eigenvalue weighted by atomic mass is 10.1. The molecule has 1 unspecified atom stereocenters. The summed E-state index contributed by atoms with van der Waals surface area (Å²) in [4.78, 5) is 16.8. The normalized spacial score (nSPS) is 16.0. The number of piperazine rings is 1. The predicted octanol–water partition coefficient (Wildman–Crippen LogP) is 2.39. The summed E-state index contributed by atoms with van der Waals surface area (Å²) < 4.78 is 0. The minimum absolute atomic E-state index is 0.0354. The van der Waals surface area contributed by atoms with E-state index in [1.807, 2.05) is 36.4 Å². The van der Waals surface area contributed by atoms with Crippen LogP contribution in [0, 0.1) is 0 Å². The Bertz CT molecular complexity index is 706. The van der Waals surface area contributed by atoms with Crippen LogP contribution >= 0.6 is 11.8 Å². The van der Waals surface area contributed by atoms with Gasteiger partial charge in [0.1, 0.15) is 0 Å². The summed E-state index contributed by atoms with van der Waals surface area (Å²) in [6, 6.07) is 20.1. The van der Waals surface area contributed by atoms with Crippen LogP contribution in [-0.2, 0) is 4.79 Å². The van der Waals surface area contributed by atoms with Crippen LogP contribution in [0.25, 0.3) is 0 Å². The smallest absolute Gasteiger partial charge is 0.230 e. The van der Waals surface area contributed by atoms with Crippen molar-refractivity contribution in [2.45, 2.75) is 6.10 Å². The largest absolute Gasteiger partial charge is 0.388 e. The SMILES string of the molecule is O=C(CSCC(O)c1ccccc1)NCCN1CCN(c2ccccc2)CC1. The second-order valence-electron chi connectivity index (χ2n) is 6.96. The van der Waals surface area contributed by atoms with E-state index in [2.05, 4.69) is 39.4 Å². The van der Waals surface area contributed by atoms with Gasteiger partial charge in [-0.2, -0.15) is 0 Å². The molecule has 1 saturated heterocycles. The summed E-state index contributed by atoms with van der Waals surface area (Å²) in [5, 5.41) is 13.1. The van der Waals surface area contributed by atoms with E-state index in [1.54, 1.807) is 0 Å². The molecular weight excluding hydrogens is 370 g/mol. The van der Waals surface area contributed by atoms with Gasteiger partial charge in [-0.15, -0.1) is 11.8 Å². The van der Waals surface area contributed by atoms with E-state index in [-0.39, 0.29) is 5.91 Å². The third-order valence-corrected chi connectivity index (χ3v) is 5.95. The Morgan fingerprint density at radius 3 is 2.32 bits per heavy atom. The topological polar surface area (TPSA) is 55.8 Å². The lowest BCUT2D eigenvalue weighted by Gasteiger charge is -2.36. The molecule has 0 radical (unpaired) electrons. The molecule has 28 heavy (non-hydrogen) atoms. The highest BCUT2D eigenvalue weighted by molar-refractivity contribution is 7.99. The van der Waals surface area contributed by atoms with E-state index in [4.69, 9.17) is 0 Å². The van der Waals surface area contributed by atoms with E-state index in [1.165, 1.54) is 17.4 Å². The second-order valence-corrected chi connectivity index (χ2v) is 7.99. The van der Waals surface area contributed by atoms with E-state index in [0.29, 0.717) is 18.1 Å². The summed E-state index contributed by atoms with van der Waals surface area (Å²) in [6.07, 6.45) is -0.528.